The Balaban J connectivity index is 2.00. The molecule has 0 spiro atoms. The Labute approximate surface area is 201 Å². The van der Waals surface area contributed by atoms with Crippen molar-refractivity contribution in [3.63, 3.8) is 0 Å². The van der Waals surface area contributed by atoms with E-state index in [2.05, 4.69) is 41.7 Å². The van der Waals surface area contributed by atoms with Crippen molar-refractivity contribution in [1.29, 1.82) is 0 Å². The highest BCUT2D eigenvalue weighted by molar-refractivity contribution is 8.13. The summed E-state index contributed by atoms with van der Waals surface area (Å²) >= 11 is 1.18. The summed E-state index contributed by atoms with van der Waals surface area (Å²) in [6, 6.07) is 17.3. The van der Waals surface area contributed by atoms with Gasteiger partial charge in [-0.05, 0) is 50.8 Å². The minimum absolute atomic E-state index is 0.00832. The molecule has 0 saturated heterocycles. The van der Waals surface area contributed by atoms with E-state index in [0.717, 1.165) is 16.7 Å². The van der Waals surface area contributed by atoms with Crippen LogP contribution in [0, 0.1) is 0 Å². The van der Waals surface area contributed by atoms with Crippen molar-refractivity contribution in [1.82, 2.24) is 10.2 Å². The van der Waals surface area contributed by atoms with Crippen molar-refractivity contribution in [3.05, 3.63) is 60.2 Å². The molecule has 0 saturated carbocycles. The van der Waals surface area contributed by atoms with Gasteiger partial charge < -0.3 is 15.0 Å². The molecule has 0 aliphatic carbocycles. The summed E-state index contributed by atoms with van der Waals surface area (Å²) in [6.07, 6.45) is 0.661. The second kappa shape index (κ2) is 12.4. The molecule has 2 aromatic rings. The molecular weight excluding hydrogens is 436 g/mol. The molecular formula is C26H34N2O4S. The number of thioether (sulfide) groups is 1. The monoisotopic (exact) mass is 470 g/mol. The summed E-state index contributed by atoms with van der Waals surface area (Å²) in [5.41, 5.74) is 2.77. The van der Waals surface area contributed by atoms with Gasteiger partial charge in [0.15, 0.2) is 5.12 Å². The van der Waals surface area contributed by atoms with Crippen molar-refractivity contribution in [2.75, 3.05) is 18.8 Å². The molecule has 33 heavy (non-hydrogen) atoms. The first kappa shape index (κ1) is 26.5. The van der Waals surface area contributed by atoms with Gasteiger partial charge in [-0.2, -0.15) is 0 Å². The van der Waals surface area contributed by atoms with Crippen molar-refractivity contribution < 1.29 is 19.1 Å². The Morgan fingerprint density at radius 1 is 0.970 bits per heavy atom. The van der Waals surface area contributed by atoms with Gasteiger partial charge in [0.05, 0.1) is 0 Å². The number of esters is 1. The predicted molar refractivity (Wildman–Crippen MR) is 134 cm³/mol. The Kier molecular flexibility index (Phi) is 9.97. The normalized spacial score (nSPS) is 12.0. The summed E-state index contributed by atoms with van der Waals surface area (Å²) in [6.45, 7) is 9.34. The molecule has 0 unspecified atom stereocenters. The smallest absolute Gasteiger partial charge is 0.328 e. The standard InChI is InChI=1S/C26H34N2O4S/c1-19(24(30)32-26(3,4)5)27-25(31)28(17-18-33-20(2)29)16-15-21-11-13-23(14-12-21)22-9-7-6-8-10-22/h6-14,19H,15-18H2,1-5H3,(H,27,31)/t19-/m0/s1. The summed E-state index contributed by atoms with van der Waals surface area (Å²) in [5.74, 6) is 0.0154. The minimum atomic E-state index is -0.773. The van der Waals surface area contributed by atoms with E-state index in [1.165, 1.54) is 18.7 Å². The van der Waals surface area contributed by atoms with Crippen molar-refractivity contribution >= 4 is 28.9 Å². The molecule has 1 atom stereocenters. The molecule has 0 aromatic heterocycles. The maximum atomic E-state index is 12.9. The largest absolute Gasteiger partial charge is 0.458 e. The number of hydrogen-bond acceptors (Lipinski definition) is 5. The molecule has 0 bridgehead atoms. The first-order chi connectivity index (χ1) is 15.5. The number of nitrogens with one attached hydrogen (secondary N) is 1. The molecule has 0 heterocycles. The quantitative estimate of drug-likeness (QED) is 0.527. The number of urea groups is 1. The SMILES string of the molecule is CC(=O)SCCN(CCc1ccc(-c2ccccc2)cc1)C(=O)N[C@@H](C)C(=O)OC(C)(C)C. The summed E-state index contributed by atoms with van der Waals surface area (Å²) < 4.78 is 5.35. The van der Waals surface area contributed by atoms with Crippen molar-refractivity contribution in [2.24, 2.45) is 0 Å². The summed E-state index contributed by atoms with van der Waals surface area (Å²) in [5, 5.41) is 2.73. The lowest BCUT2D eigenvalue weighted by Gasteiger charge is -2.26. The maximum Gasteiger partial charge on any atom is 0.328 e. The molecule has 0 radical (unpaired) electrons. The van der Waals surface area contributed by atoms with Gasteiger partial charge in [0.25, 0.3) is 0 Å². The van der Waals surface area contributed by atoms with Crippen LogP contribution in [0.15, 0.2) is 54.6 Å². The zero-order valence-electron chi connectivity index (χ0n) is 20.1. The fourth-order valence-corrected chi connectivity index (χ4v) is 3.70. The molecule has 6 nitrogen and oxygen atoms in total. The van der Waals surface area contributed by atoms with E-state index in [-0.39, 0.29) is 11.1 Å². The van der Waals surface area contributed by atoms with E-state index in [1.807, 2.05) is 18.2 Å². The van der Waals surface area contributed by atoms with Crippen LogP contribution in [0.3, 0.4) is 0 Å². The lowest BCUT2D eigenvalue weighted by atomic mass is 10.0. The number of benzene rings is 2. The molecule has 1 N–H and O–H groups in total. The van der Waals surface area contributed by atoms with Crippen molar-refractivity contribution in [3.8, 4) is 11.1 Å². The summed E-state index contributed by atoms with van der Waals surface area (Å²) in [4.78, 5) is 38.1. The number of ether oxygens (including phenoxy) is 1. The number of rotatable bonds is 9. The van der Waals surface area contributed by atoms with Gasteiger partial charge in [-0.15, -0.1) is 0 Å². The van der Waals surface area contributed by atoms with Gasteiger partial charge in [0.2, 0.25) is 0 Å². The van der Waals surface area contributed by atoms with Crippen LogP contribution in [0.1, 0.15) is 40.2 Å². The number of hydrogen-bond donors (Lipinski definition) is 1. The molecule has 7 heteroatoms. The average molecular weight is 471 g/mol. The highest BCUT2D eigenvalue weighted by Crippen LogP contribution is 2.19. The lowest BCUT2D eigenvalue weighted by Crippen LogP contribution is -2.49. The predicted octanol–water partition coefficient (Wildman–Crippen LogP) is 4.92. The molecule has 0 aliphatic heterocycles. The van der Waals surface area contributed by atoms with Crippen LogP contribution in [0.25, 0.3) is 11.1 Å². The maximum absolute atomic E-state index is 12.9. The van der Waals surface area contributed by atoms with Crippen LogP contribution in [0.5, 0.6) is 0 Å². The van der Waals surface area contributed by atoms with E-state index in [9.17, 15) is 14.4 Å². The molecule has 2 rings (SSSR count). The second-order valence-corrected chi connectivity index (χ2v) is 10.1. The Bertz CT molecular complexity index is 924. The topological polar surface area (TPSA) is 75.7 Å². The third-order valence-electron chi connectivity index (χ3n) is 4.79. The van der Waals surface area contributed by atoms with Crippen molar-refractivity contribution in [2.45, 2.75) is 52.7 Å². The van der Waals surface area contributed by atoms with Gasteiger partial charge in [0, 0.05) is 25.8 Å². The van der Waals surface area contributed by atoms with Crippen LogP contribution in [-0.2, 0) is 20.7 Å². The van der Waals surface area contributed by atoms with Gasteiger partial charge in [-0.1, -0.05) is 66.4 Å². The van der Waals surface area contributed by atoms with Gasteiger partial charge in [0.1, 0.15) is 11.6 Å². The average Bonchev–Trinajstić information content (AvgIpc) is 2.75. The van der Waals surface area contributed by atoms with Crippen LogP contribution in [0.4, 0.5) is 4.79 Å². The highest BCUT2D eigenvalue weighted by Gasteiger charge is 2.25. The van der Waals surface area contributed by atoms with Crippen LogP contribution in [0.2, 0.25) is 0 Å². The van der Waals surface area contributed by atoms with Crippen LogP contribution < -0.4 is 5.32 Å². The van der Waals surface area contributed by atoms with E-state index < -0.39 is 17.6 Å². The Morgan fingerprint density at radius 3 is 2.15 bits per heavy atom. The first-order valence-electron chi connectivity index (χ1n) is 11.1. The second-order valence-electron chi connectivity index (χ2n) is 8.84. The lowest BCUT2D eigenvalue weighted by molar-refractivity contribution is -0.156. The van der Waals surface area contributed by atoms with Crippen LogP contribution >= 0.6 is 11.8 Å². The summed E-state index contributed by atoms with van der Waals surface area (Å²) in [7, 11) is 0. The highest BCUT2D eigenvalue weighted by atomic mass is 32.2. The fraction of sp³-hybridized carbons (Fsp3) is 0.423. The number of nitrogens with zero attached hydrogens (tertiary/aromatic N) is 1. The number of carbonyl (C=O) groups excluding carboxylic acids is 3. The third-order valence-corrected chi connectivity index (χ3v) is 5.58. The first-order valence-corrected chi connectivity index (χ1v) is 12.1. The molecule has 178 valence electrons. The molecule has 2 aromatic carbocycles. The number of carbonyl (C=O) groups is 3. The van der Waals surface area contributed by atoms with Gasteiger partial charge in [-0.25, -0.2) is 9.59 Å². The third kappa shape index (κ3) is 9.70. The molecule has 2 amide bonds. The molecule has 0 fully saturated rings. The minimum Gasteiger partial charge on any atom is -0.458 e. The fourth-order valence-electron chi connectivity index (χ4n) is 3.10. The van der Waals surface area contributed by atoms with Gasteiger partial charge >= 0.3 is 12.0 Å². The Morgan fingerprint density at radius 2 is 1.58 bits per heavy atom. The van der Waals surface area contributed by atoms with E-state index in [1.54, 1.807) is 32.6 Å². The zero-order valence-corrected chi connectivity index (χ0v) is 20.9. The van der Waals surface area contributed by atoms with Gasteiger partial charge in [-0.3, -0.25) is 4.79 Å². The van der Waals surface area contributed by atoms with E-state index in [4.69, 9.17) is 4.74 Å². The zero-order chi connectivity index (χ0) is 24.4. The Hall–Kier alpha value is -2.80. The van der Waals surface area contributed by atoms with E-state index >= 15 is 0 Å². The molecule has 0 aliphatic rings. The number of amides is 2. The van der Waals surface area contributed by atoms with Crippen LogP contribution in [-0.4, -0.2) is 52.5 Å². The van der Waals surface area contributed by atoms with E-state index in [0.29, 0.717) is 25.3 Å².